The summed E-state index contributed by atoms with van der Waals surface area (Å²) in [7, 11) is 0. The Morgan fingerprint density at radius 3 is 2.22 bits per heavy atom. The Hall–Kier alpha value is -1.80. The maximum Gasteiger partial charge on any atom is 0.295 e. The van der Waals surface area contributed by atoms with E-state index in [1.807, 2.05) is 0 Å². The van der Waals surface area contributed by atoms with Crippen molar-refractivity contribution in [2.75, 3.05) is 31.2 Å². The molecular formula is C10H12F2N2O4. The second-order valence-electron chi connectivity index (χ2n) is 3.42. The molecule has 0 saturated heterocycles. The highest BCUT2D eigenvalue weighted by atomic mass is 19.2. The lowest BCUT2D eigenvalue weighted by molar-refractivity contribution is -0.384. The number of benzene rings is 1. The summed E-state index contributed by atoms with van der Waals surface area (Å²) < 4.78 is 26.7. The molecule has 18 heavy (non-hydrogen) atoms. The number of hydrogen-bond donors (Lipinski definition) is 2. The lowest BCUT2D eigenvalue weighted by Crippen LogP contribution is -2.31. The summed E-state index contributed by atoms with van der Waals surface area (Å²) in [6.45, 7) is -1.12. The van der Waals surface area contributed by atoms with E-state index in [-0.39, 0.29) is 13.1 Å². The monoisotopic (exact) mass is 262 g/mol. The summed E-state index contributed by atoms with van der Waals surface area (Å²) in [6.07, 6.45) is 0. The fraction of sp³-hybridized carbons (Fsp3) is 0.400. The van der Waals surface area contributed by atoms with E-state index >= 15 is 0 Å². The van der Waals surface area contributed by atoms with Crippen LogP contribution in [0.25, 0.3) is 0 Å². The van der Waals surface area contributed by atoms with Crippen LogP contribution in [-0.4, -0.2) is 41.4 Å². The van der Waals surface area contributed by atoms with Crippen molar-refractivity contribution >= 4 is 11.4 Å². The van der Waals surface area contributed by atoms with E-state index in [2.05, 4.69) is 0 Å². The third-order valence-electron chi connectivity index (χ3n) is 2.30. The van der Waals surface area contributed by atoms with E-state index in [0.717, 1.165) is 11.0 Å². The molecular weight excluding hydrogens is 250 g/mol. The Morgan fingerprint density at radius 2 is 1.78 bits per heavy atom. The Morgan fingerprint density at radius 1 is 1.22 bits per heavy atom. The largest absolute Gasteiger partial charge is 0.395 e. The first-order valence-corrected chi connectivity index (χ1v) is 5.12. The van der Waals surface area contributed by atoms with Gasteiger partial charge in [-0.3, -0.25) is 10.1 Å². The number of anilines is 1. The zero-order chi connectivity index (χ0) is 13.7. The molecule has 0 bridgehead atoms. The summed E-state index contributed by atoms with van der Waals surface area (Å²) >= 11 is 0. The van der Waals surface area contributed by atoms with Crippen LogP contribution in [0.2, 0.25) is 0 Å². The first-order valence-electron chi connectivity index (χ1n) is 5.12. The minimum Gasteiger partial charge on any atom is -0.395 e. The van der Waals surface area contributed by atoms with Gasteiger partial charge in [0.15, 0.2) is 17.3 Å². The average Bonchev–Trinajstić information content (AvgIpc) is 2.32. The van der Waals surface area contributed by atoms with Gasteiger partial charge >= 0.3 is 0 Å². The summed E-state index contributed by atoms with van der Waals surface area (Å²) in [4.78, 5) is 10.9. The molecule has 0 fully saturated rings. The first-order chi connectivity index (χ1) is 8.52. The van der Waals surface area contributed by atoms with Crippen molar-refractivity contribution in [1.82, 2.24) is 0 Å². The maximum absolute atomic E-state index is 13.6. The number of rotatable bonds is 6. The molecule has 0 aromatic heterocycles. The number of hydrogen-bond acceptors (Lipinski definition) is 5. The van der Waals surface area contributed by atoms with Crippen LogP contribution >= 0.6 is 0 Å². The number of aliphatic hydroxyl groups excluding tert-OH is 2. The highest BCUT2D eigenvalue weighted by molar-refractivity contribution is 5.64. The van der Waals surface area contributed by atoms with Gasteiger partial charge in [-0.15, -0.1) is 0 Å². The van der Waals surface area contributed by atoms with Gasteiger partial charge in [-0.25, -0.2) is 8.78 Å². The molecule has 0 heterocycles. The predicted molar refractivity (Wildman–Crippen MR) is 59.4 cm³/mol. The van der Waals surface area contributed by atoms with Crippen LogP contribution in [-0.2, 0) is 0 Å². The van der Waals surface area contributed by atoms with Crippen molar-refractivity contribution in [3.05, 3.63) is 33.9 Å². The van der Waals surface area contributed by atoms with Crippen LogP contribution in [0.5, 0.6) is 0 Å². The average molecular weight is 262 g/mol. The molecule has 1 aromatic carbocycles. The van der Waals surface area contributed by atoms with Crippen LogP contribution in [0, 0.1) is 21.7 Å². The van der Waals surface area contributed by atoms with Gasteiger partial charge in [0.25, 0.3) is 5.69 Å². The second-order valence-corrected chi connectivity index (χ2v) is 3.42. The van der Waals surface area contributed by atoms with E-state index in [1.54, 1.807) is 0 Å². The fourth-order valence-corrected chi connectivity index (χ4v) is 1.55. The molecule has 100 valence electrons. The highest BCUT2D eigenvalue weighted by Gasteiger charge is 2.26. The van der Waals surface area contributed by atoms with E-state index in [0.29, 0.717) is 6.07 Å². The SMILES string of the molecule is O=[N+]([O-])c1ccc(F)c(F)c1N(CCO)CCO. The third-order valence-corrected chi connectivity index (χ3v) is 2.30. The van der Waals surface area contributed by atoms with Gasteiger partial charge in [0, 0.05) is 19.2 Å². The molecule has 1 rings (SSSR count). The first kappa shape index (κ1) is 14.3. The Kier molecular flexibility index (Phi) is 4.93. The topological polar surface area (TPSA) is 86.8 Å². The van der Waals surface area contributed by atoms with E-state index in [1.165, 1.54) is 0 Å². The van der Waals surface area contributed by atoms with Crippen molar-refractivity contribution in [3.63, 3.8) is 0 Å². The molecule has 1 aromatic rings. The fourth-order valence-electron chi connectivity index (χ4n) is 1.55. The molecule has 0 saturated carbocycles. The molecule has 0 aliphatic rings. The minimum atomic E-state index is -1.37. The zero-order valence-electron chi connectivity index (χ0n) is 9.34. The van der Waals surface area contributed by atoms with Gasteiger partial charge in [0.05, 0.1) is 18.1 Å². The molecule has 0 unspecified atom stereocenters. The number of nitrogens with zero attached hydrogens (tertiary/aromatic N) is 2. The number of halogens is 2. The predicted octanol–water partition coefficient (Wildman–Crippen LogP) is 0.664. The molecule has 0 aliphatic heterocycles. The summed E-state index contributed by atoms with van der Waals surface area (Å²) in [5.41, 5.74) is -1.18. The second kappa shape index (κ2) is 6.22. The van der Waals surface area contributed by atoms with Crippen LogP contribution in [0.4, 0.5) is 20.2 Å². The van der Waals surface area contributed by atoms with Crippen molar-refractivity contribution < 1.29 is 23.9 Å². The van der Waals surface area contributed by atoms with Crippen LogP contribution in [0.1, 0.15) is 0 Å². The quantitative estimate of drug-likeness (QED) is 0.581. The zero-order valence-corrected chi connectivity index (χ0v) is 9.34. The van der Waals surface area contributed by atoms with Crippen molar-refractivity contribution in [2.45, 2.75) is 0 Å². The van der Waals surface area contributed by atoms with Crippen molar-refractivity contribution in [2.24, 2.45) is 0 Å². The van der Waals surface area contributed by atoms with Gasteiger partial charge in [-0.05, 0) is 6.07 Å². The molecule has 8 heteroatoms. The minimum absolute atomic E-state index is 0.151. The summed E-state index contributed by atoms with van der Waals surface area (Å²) in [5.74, 6) is -2.59. The molecule has 0 radical (unpaired) electrons. The van der Waals surface area contributed by atoms with E-state index < -0.39 is 41.1 Å². The number of nitro groups is 1. The standard InChI is InChI=1S/C10H12F2N2O4/c11-7-1-2-8(14(17)18)10(9(7)12)13(3-5-15)4-6-16/h1-2,15-16H,3-6H2. The van der Waals surface area contributed by atoms with Crippen molar-refractivity contribution in [1.29, 1.82) is 0 Å². The van der Waals surface area contributed by atoms with Crippen LogP contribution < -0.4 is 4.90 Å². The lowest BCUT2D eigenvalue weighted by atomic mass is 10.2. The third kappa shape index (κ3) is 2.90. The van der Waals surface area contributed by atoms with E-state index in [4.69, 9.17) is 10.2 Å². The normalized spacial score (nSPS) is 10.4. The summed E-state index contributed by atoms with van der Waals surface area (Å²) in [5, 5.41) is 28.4. The Bertz CT molecular complexity index is 436. The smallest absolute Gasteiger partial charge is 0.295 e. The molecule has 2 N–H and O–H groups in total. The highest BCUT2D eigenvalue weighted by Crippen LogP contribution is 2.32. The van der Waals surface area contributed by atoms with Crippen LogP contribution in [0.15, 0.2) is 12.1 Å². The van der Waals surface area contributed by atoms with Crippen molar-refractivity contribution in [3.8, 4) is 0 Å². The van der Waals surface area contributed by atoms with Gasteiger partial charge in [-0.1, -0.05) is 0 Å². The van der Waals surface area contributed by atoms with Gasteiger partial charge in [0.1, 0.15) is 0 Å². The molecule has 0 amide bonds. The summed E-state index contributed by atoms with van der Waals surface area (Å²) in [6, 6.07) is 1.50. The number of aliphatic hydroxyl groups is 2. The molecule has 0 aliphatic carbocycles. The maximum atomic E-state index is 13.6. The molecule has 6 nitrogen and oxygen atoms in total. The Balaban J connectivity index is 3.32. The van der Waals surface area contributed by atoms with Crippen LogP contribution in [0.3, 0.4) is 0 Å². The lowest BCUT2D eigenvalue weighted by Gasteiger charge is -2.23. The van der Waals surface area contributed by atoms with Gasteiger partial charge in [-0.2, -0.15) is 0 Å². The molecule has 0 atom stereocenters. The molecule has 0 spiro atoms. The van der Waals surface area contributed by atoms with Gasteiger partial charge in [0.2, 0.25) is 0 Å². The Labute approximate surface area is 101 Å². The van der Waals surface area contributed by atoms with E-state index in [9.17, 15) is 18.9 Å². The number of nitro benzene ring substituents is 1. The van der Waals surface area contributed by atoms with Gasteiger partial charge < -0.3 is 15.1 Å².